The topological polar surface area (TPSA) is 87.7 Å². The molecule has 122 valence electrons. The lowest BCUT2D eigenvalue weighted by Gasteiger charge is -2.30. The largest absolute Gasteiger partial charge is 0.469 e. The van der Waals surface area contributed by atoms with Crippen molar-refractivity contribution in [3.05, 3.63) is 0 Å². The van der Waals surface area contributed by atoms with E-state index in [0.717, 1.165) is 19.4 Å². The van der Waals surface area contributed by atoms with Crippen LogP contribution in [0.2, 0.25) is 0 Å². The van der Waals surface area contributed by atoms with Crippen LogP contribution in [-0.2, 0) is 19.7 Å². The highest BCUT2D eigenvalue weighted by atomic mass is 32.2. The minimum Gasteiger partial charge on any atom is -0.469 e. The summed E-state index contributed by atoms with van der Waals surface area (Å²) < 4.78 is 33.2. The number of nitrogens with zero attached hydrogens (tertiary/aromatic N) is 1. The van der Waals surface area contributed by atoms with E-state index in [1.165, 1.54) is 17.8 Å². The van der Waals surface area contributed by atoms with Crippen LogP contribution in [0.1, 0.15) is 32.1 Å². The molecule has 2 fully saturated rings. The van der Waals surface area contributed by atoms with Gasteiger partial charge in [-0.2, -0.15) is 12.7 Å². The predicted octanol–water partition coefficient (Wildman–Crippen LogP) is -0.152. The Hall–Kier alpha value is -0.700. The second-order valence-corrected chi connectivity index (χ2v) is 7.43. The van der Waals surface area contributed by atoms with E-state index in [1.807, 2.05) is 0 Å². The summed E-state index contributed by atoms with van der Waals surface area (Å²) in [6, 6.07) is 0.428. The fourth-order valence-electron chi connectivity index (χ4n) is 2.96. The molecule has 2 N–H and O–H groups in total. The monoisotopic (exact) mass is 319 g/mol. The van der Waals surface area contributed by atoms with E-state index >= 15 is 0 Å². The van der Waals surface area contributed by atoms with Crippen LogP contribution in [0, 0.1) is 5.92 Å². The Bertz CT molecular complexity index is 440. The molecule has 0 aromatic rings. The second-order valence-electron chi connectivity index (χ2n) is 5.68. The average Bonchev–Trinajstić information content (AvgIpc) is 2.99. The molecular weight excluding hydrogens is 294 g/mol. The quantitative estimate of drug-likeness (QED) is 0.665. The van der Waals surface area contributed by atoms with Crippen LogP contribution in [0.3, 0.4) is 0 Å². The fourth-order valence-corrected chi connectivity index (χ4v) is 4.20. The van der Waals surface area contributed by atoms with E-state index in [4.69, 9.17) is 4.74 Å². The smallest absolute Gasteiger partial charge is 0.308 e. The van der Waals surface area contributed by atoms with E-state index in [-0.39, 0.29) is 11.9 Å². The summed E-state index contributed by atoms with van der Waals surface area (Å²) in [5.41, 5.74) is 0. The van der Waals surface area contributed by atoms with Crippen molar-refractivity contribution in [3.63, 3.8) is 0 Å². The van der Waals surface area contributed by atoms with Crippen molar-refractivity contribution in [3.8, 4) is 0 Å². The molecule has 7 nitrogen and oxygen atoms in total. The van der Waals surface area contributed by atoms with Crippen molar-refractivity contribution >= 4 is 16.2 Å². The molecule has 0 amide bonds. The maximum absolute atomic E-state index is 12.2. The van der Waals surface area contributed by atoms with Gasteiger partial charge in [0.15, 0.2) is 0 Å². The summed E-state index contributed by atoms with van der Waals surface area (Å²) in [5, 5.41) is 3.35. The predicted molar refractivity (Wildman–Crippen MR) is 78.9 cm³/mol. The van der Waals surface area contributed by atoms with Crippen molar-refractivity contribution < 1.29 is 17.9 Å². The van der Waals surface area contributed by atoms with Crippen molar-refractivity contribution in [2.24, 2.45) is 5.92 Å². The Morgan fingerprint density at radius 1 is 1.33 bits per heavy atom. The van der Waals surface area contributed by atoms with Gasteiger partial charge < -0.3 is 10.1 Å². The van der Waals surface area contributed by atoms with E-state index in [0.29, 0.717) is 38.5 Å². The molecule has 1 atom stereocenters. The van der Waals surface area contributed by atoms with Crippen LogP contribution >= 0.6 is 0 Å². The van der Waals surface area contributed by atoms with Gasteiger partial charge in [-0.25, -0.2) is 4.72 Å². The number of esters is 1. The van der Waals surface area contributed by atoms with Gasteiger partial charge in [0.05, 0.1) is 13.0 Å². The third kappa shape index (κ3) is 4.64. The van der Waals surface area contributed by atoms with E-state index in [2.05, 4.69) is 10.0 Å². The lowest BCUT2D eigenvalue weighted by molar-refractivity contribution is -0.146. The summed E-state index contributed by atoms with van der Waals surface area (Å²) in [7, 11) is -2.06. The third-order valence-corrected chi connectivity index (χ3v) is 5.88. The van der Waals surface area contributed by atoms with Crippen LogP contribution in [0.25, 0.3) is 0 Å². The Morgan fingerprint density at radius 3 is 2.62 bits per heavy atom. The van der Waals surface area contributed by atoms with E-state index in [1.54, 1.807) is 0 Å². The molecule has 2 rings (SSSR count). The van der Waals surface area contributed by atoms with Gasteiger partial charge in [-0.1, -0.05) is 0 Å². The first-order valence-corrected chi connectivity index (χ1v) is 9.03. The maximum Gasteiger partial charge on any atom is 0.308 e. The van der Waals surface area contributed by atoms with Gasteiger partial charge in [-0.05, 0) is 38.6 Å². The molecule has 2 heterocycles. The number of carbonyl (C=O) groups is 1. The zero-order chi connectivity index (χ0) is 15.3. The van der Waals surface area contributed by atoms with Gasteiger partial charge in [0.25, 0.3) is 10.2 Å². The summed E-state index contributed by atoms with van der Waals surface area (Å²) in [6.07, 6.45) is 4.15. The normalized spacial score (nSPS) is 25.1. The average molecular weight is 319 g/mol. The first-order chi connectivity index (χ1) is 10.0. The number of methoxy groups -OCH3 is 1. The molecule has 2 aliphatic heterocycles. The number of carbonyl (C=O) groups excluding carboxylic acids is 1. The SMILES string of the molecule is COC(=O)C1CCN(S(=O)(=O)NCC[C@H]2CCCN2)CC1. The number of hydrogen-bond donors (Lipinski definition) is 2. The summed E-state index contributed by atoms with van der Waals surface area (Å²) in [4.78, 5) is 11.4. The van der Waals surface area contributed by atoms with Crippen LogP contribution in [-0.4, -0.2) is 58.0 Å². The number of ether oxygens (including phenoxy) is 1. The number of nitrogens with one attached hydrogen (secondary N) is 2. The van der Waals surface area contributed by atoms with Crippen LogP contribution in [0.15, 0.2) is 0 Å². The van der Waals surface area contributed by atoms with Gasteiger partial charge in [-0.3, -0.25) is 4.79 Å². The summed E-state index contributed by atoms with van der Waals surface area (Å²) >= 11 is 0. The zero-order valence-corrected chi connectivity index (χ0v) is 13.3. The molecule has 0 bridgehead atoms. The second kappa shape index (κ2) is 7.53. The number of rotatable bonds is 6. The Morgan fingerprint density at radius 2 is 2.05 bits per heavy atom. The highest BCUT2D eigenvalue weighted by Gasteiger charge is 2.31. The van der Waals surface area contributed by atoms with Crippen molar-refractivity contribution in [1.29, 1.82) is 0 Å². The lowest BCUT2D eigenvalue weighted by Crippen LogP contribution is -2.46. The molecule has 2 aliphatic rings. The maximum atomic E-state index is 12.2. The van der Waals surface area contributed by atoms with E-state index < -0.39 is 10.2 Å². The minimum atomic E-state index is -3.43. The Kier molecular flexibility index (Phi) is 5.98. The number of piperidine rings is 1. The van der Waals surface area contributed by atoms with Gasteiger partial charge in [-0.15, -0.1) is 0 Å². The molecule has 0 aromatic heterocycles. The highest BCUT2D eigenvalue weighted by molar-refractivity contribution is 7.87. The van der Waals surface area contributed by atoms with Crippen LogP contribution in [0.5, 0.6) is 0 Å². The molecule has 8 heteroatoms. The Labute approximate surface area is 126 Å². The van der Waals surface area contributed by atoms with E-state index in [9.17, 15) is 13.2 Å². The molecule has 2 saturated heterocycles. The minimum absolute atomic E-state index is 0.177. The van der Waals surface area contributed by atoms with Gasteiger partial charge in [0, 0.05) is 25.7 Å². The van der Waals surface area contributed by atoms with Crippen LogP contribution in [0.4, 0.5) is 0 Å². The molecule has 21 heavy (non-hydrogen) atoms. The van der Waals surface area contributed by atoms with Gasteiger partial charge in [0.2, 0.25) is 0 Å². The number of hydrogen-bond acceptors (Lipinski definition) is 5. The van der Waals surface area contributed by atoms with Gasteiger partial charge in [0.1, 0.15) is 0 Å². The molecule has 0 saturated carbocycles. The molecule has 0 radical (unpaired) electrons. The standard InChI is InChI=1S/C13H25N3O4S/c1-20-13(17)11-5-9-16(10-6-11)21(18,19)15-8-4-12-3-2-7-14-12/h11-12,14-15H,2-10H2,1H3/t12-/m1/s1. The lowest BCUT2D eigenvalue weighted by atomic mass is 9.99. The van der Waals surface area contributed by atoms with Crippen molar-refractivity contribution in [1.82, 2.24) is 14.3 Å². The third-order valence-electron chi connectivity index (χ3n) is 4.27. The first-order valence-electron chi connectivity index (χ1n) is 7.59. The molecule has 0 unspecified atom stereocenters. The van der Waals surface area contributed by atoms with Gasteiger partial charge >= 0.3 is 5.97 Å². The molecular formula is C13H25N3O4S. The molecule has 0 aliphatic carbocycles. The van der Waals surface area contributed by atoms with Crippen molar-refractivity contribution in [2.45, 2.75) is 38.1 Å². The summed E-state index contributed by atoms with van der Waals surface area (Å²) in [5.74, 6) is -0.420. The highest BCUT2D eigenvalue weighted by Crippen LogP contribution is 2.20. The van der Waals surface area contributed by atoms with Crippen LogP contribution < -0.4 is 10.0 Å². The molecule has 0 spiro atoms. The first kappa shape index (κ1) is 16.7. The zero-order valence-electron chi connectivity index (χ0n) is 12.5. The Balaban J connectivity index is 1.74. The summed E-state index contributed by atoms with van der Waals surface area (Å²) in [6.45, 7) is 2.23. The van der Waals surface area contributed by atoms with Crippen molar-refractivity contribution in [2.75, 3.05) is 33.3 Å². The molecule has 0 aromatic carbocycles. The fraction of sp³-hybridized carbons (Fsp3) is 0.923.